The summed E-state index contributed by atoms with van der Waals surface area (Å²) in [7, 11) is 0. The first kappa shape index (κ1) is 11.1. The Kier molecular flexibility index (Phi) is 4.02. The zero-order valence-electron chi connectivity index (χ0n) is 7.30. The van der Waals surface area contributed by atoms with E-state index < -0.39 is 6.43 Å². The van der Waals surface area contributed by atoms with Crippen molar-refractivity contribution in [2.45, 2.75) is 19.3 Å². The Balaban J connectivity index is 2.97. The number of alkyl halides is 2. The van der Waals surface area contributed by atoms with Crippen LogP contribution in [0.5, 0.6) is 0 Å². The SMILES string of the molecule is N#CCCc1ccc(Br)cc1C(F)F. The summed E-state index contributed by atoms with van der Waals surface area (Å²) < 4.78 is 25.7. The van der Waals surface area contributed by atoms with Crippen molar-refractivity contribution in [2.24, 2.45) is 0 Å². The molecule has 1 aromatic carbocycles. The Morgan fingerprint density at radius 1 is 1.43 bits per heavy atom. The van der Waals surface area contributed by atoms with Crippen LogP contribution in [0.15, 0.2) is 22.7 Å². The van der Waals surface area contributed by atoms with Gasteiger partial charge in [-0.2, -0.15) is 5.26 Å². The first-order chi connectivity index (χ1) is 6.65. The van der Waals surface area contributed by atoms with E-state index in [0.29, 0.717) is 16.5 Å². The molecule has 1 nitrogen and oxygen atoms in total. The summed E-state index contributed by atoms with van der Waals surface area (Å²) in [6.07, 6.45) is -1.84. The zero-order chi connectivity index (χ0) is 10.6. The lowest BCUT2D eigenvalue weighted by Gasteiger charge is -2.07. The molecule has 0 heterocycles. The molecule has 0 bridgehead atoms. The van der Waals surface area contributed by atoms with E-state index in [1.165, 1.54) is 6.07 Å². The molecule has 0 N–H and O–H groups in total. The first-order valence-electron chi connectivity index (χ1n) is 4.08. The molecule has 0 saturated carbocycles. The average Bonchev–Trinajstić information content (AvgIpc) is 2.15. The quantitative estimate of drug-likeness (QED) is 0.809. The monoisotopic (exact) mass is 259 g/mol. The Bertz CT molecular complexity index is 358. The van der Waals surface area contributed by atoms with E-state index in [4.69, 9.17) is 5.26 Å². The lowest BCUT2D eigenvalue weighted by molar-refractivity contribution is 0.150. The summed E-state index contributed by atoms with van der Waals surface area (Å²) in [5, 5.41) is 8.36. The van der Waals surface area contributed by atoms with Crippen LogP contribution in [-0.2, 0) is 6.42 Å². The van der Waals surface area contributed by atoms with E-state index in [9.17, 15) is 8.78 Å². The summed E-state index contributed by atoms with van der Waals surface area (Å²) >= 11 is 3.13. The molecule has 0 amide bonds. The largest absolute Gasteiger partial charge is 0.264 e. The predicted octanol–water partition coefficient (Wildman–Crippen LogP) is 3.84. The molecule has 0 aromatic heterocycles. The van der Waals surface area contributed by atoms with Crippen molar-refractivity contribution in [3.05, 3.63) is 33.8 Å². The molecular weight excluding hydrogens is 252 g/mol. The first-order valence-corrected chi connectivity index (χ1v) is 4.88. The van der Waals surface area contributed by atoms with Crippen molar-refractivity contribution in [3.63, 3.8) is 0 Å². The number of benzene rings is 1. The van der Waals surface area contributed by atoms with Gasteiger partial charge in [0.05, 0.1) is 6.07 Å². The van der Waals surface area contributed by atoms with E-state index >= 15 is 0 Å². The molecule has 0 spiro atoms. The van der Waals surface area contributed by atoms with Crippen molar-refractivity contribution >= 4 is 15.9 Å². The van der Waals surface area contributed by atoms with Crippen LogP contribution in [0.1, 0.15) is 24.0 Å². The molecule has 0 fully saturated rings. The highest BCUT2D eigenvalue weighted by molar-refractivity contribution is 9.10. The molecule has 1 aromatic rings. The number of nitriles is 1. The highest BCUT2D eigenvalue weighted by Gasteiger charge is 2.12. The molecule has 0 aliphatic carbocycles. The van der Waals surface area contributed by atoms with Crippen molar-refractivity contribution in [1.29, 1.82) is 5.26 Å². The van der Waals surface area contributed by atoms with Crippen LogP contribution in [-0.4, -0.2) is 0 Å². The van der Waals surface area contributed by atoms with Gasteiger partial charge in [-0.1, -0.05) is 22.0 Å². The van der Waals surface area contributed by atoms with Gasteiger partial charge in [0.2, 0.25) is 0 Å². The maximum absolute atomic E-state index is 12.5. The van der Waals surface area contributed by atoms with E-state index in [1.54, 1.807) is 12.1 Å². The molecule has 4 heteroatoms. The van der Waals surface area contributed by atoms with E-state index in [0.717, 1.165) is 0 Å². The van der Waals surface area contributed by atoms with Gasteiger partial charge in [-0.15, -0.1) is 0 Å². The van der Waals surface area contributed by atoms with Gasteiger partial charge in [-0.05, 0) is 24.1 Å². The van der Waals surface area contributed by atoms with Gasteiger partial charge in [-0.3, -0.25) is 0 Å². The van der Waals surface area contributed by atoms with Gasteiger partial charge in [0.1, 0.15) is 0 Å². The summed E-state index contributed by atoms with van der Waals surface area (Å²) in [5.74, 6) is 0. The fraction of sp³-hybridized carbons (Fsp3) is 0.300. The number of hydrogen-bond acceptors (Lipinski definition) is 1. The number of nitrogens with zero attached hydrogens (tertiary/aromatic N) is 1. The van der Waals surface area contributed by atoms with E-state index in [1.807, 2.05) is 6.07 Å². The summed E-state index contributed by atoms with van der Waals surface area (Å²) in [6.45, 7) is 0. The van der Waals surface area contributed by atoms with Crippen LogP contribution < -0.4 is 0 Å². The van der Waals surface area contributed by atoms with Crippen molar-refractivity contribution < 1.29 is 8.78 Å². The summed E-state index contributed by atoms with van der Waals surface area (Å²) in [4.78, 5) is 0. The minimum Gasteiger partial charge on any atom is -0.205 e. The van der Waals surface area contributed by atoms with Crippen molar-refractivity contribution in [1.82, 2.24) is 0 Å². The van der Waals surface area contributed by atoms with Crippen LogP contribution >= 0.6 is 15.9 Å². The lowest BCUT2D eigenvalue weighted by atomic mass is 10.0. The third-order valence-electron chi connectivity index (χ3n) is 1.85. The Labute approximate surface area is 89.5 Å². The standard InChI is InChI=1S/C10H8BrF2N/c11-8-4-3-7(2-1-5-14)9(6-8)10(12)13/h3-4,6,10H,1-2H2. The van der Waals surface area contributed by atoms with Gasteiger partial charge in [0.25, 0.3) is 6.43 Å². The van der Waals surface area contributed by atoms with Gasteiger partial charge >= 0.3 is 0 Å². The second kappa shape index (κ2) is 5.06. The topological polar surface area (TPSA) is 23.8 Å². The third kappa shape index (κ3) is 2.78. The fourth-order valence-corrected chi connectivity index (χ4v) is 1.57. The molecule has 0 radical (unpaired) electrons. The van der Waals surface area contributed by atoms with E-state index in [-0.39, 0.29) is 12.0 Å². The molecule has 0 aliphatic heterocycles. The highest BCUT2D eigenvalue weighted by atomic mass is 79.9. The highest BCUT2D eigenvalue weighted by Crippen LogP contribution is 2.27. The number of halogens is 3. The van der Waals surface area contributed by atoms with Crippen LogP contribution in [0.4, 0.5) is 8.78 Å². The van der Waals surface area contributed by atoms with Crippen molar-refractivity contribution in [2.75, 3.05) is 0 Å². The molecule has 0 atom stereocenters. The fourth-order valence-electron chi connectivity index (χ4n) is 1.19. The summed E-state index contributed by atoms with van der Waals surface area (Å²) in [6, 6.07) is 6.68. The normalized spacial score (nSPS) is 10.2. The second-order valence-electron chi connectivity index (χ2n) is 2.80. The van der Waals surface area contributed by atoms with Crippen LogP contribution in [0.3, 0.4) is 0 Å². The maximum atomic E-state index is 12.5. The van der Waals surface area contributed by atoms with Gasteiger partial charge < -0.3 is 0 Å². The molecule has 0 saturated heterocycles. The van der Waals surface area contributed by atoms with Gasteiger partial charge in [-0.25, -0.2) is 8.78 Å². The Morgan fingerprint density at radius 3 is 2.71 bits per heavy atom. The Hall–Kier alpha value is -0.950. The minimum atomic E-state index is -2.49. The third-order valence-corrected chi connectivity index (χ3v) is 2.34. The van der Waals surface area contributed by atoms with Crippen LogP contribution in [0, 0.1) is 11.3 Å². The molecule has 14 heavy (non-hydrogen) atoms. The minimum absolute atomic E-state index is 0.00891. The lowest BCUT2D eigenvalue weighted by Crippen LogP contribution is -1.94. The summed E-state index contributed by atoms with van der Waals surface area (Å²) in [5.41, 5.74) is 0.555. The van der Waals surface area contributed by atoms with E-state index in [2.05, 4.69) is 15.9 Å². The molecule has 74 valence electrons. The molecule has 1 rings (SSSR count). The van der Waals surface area contributed by atoms with Crippen LogP contribution in [0.2, 0.25) is 0 Å². The van der Waals surface area contributed by atoms with Crippen LogP contribution in [0.25, 0.3) is 0 Å². The molecule has 0 unspecified atom stereocenters. The second-order valence-corrected chi connectivity index (χ2v) is 3.72. The molecular formula is C10H8BrF2N. The average molecular weight is 260 g/mol. The smallest absolute Gasteiger partial charge is 0.205 e. The number of aryl methyl sites for hydroxylation is 1. The zero-order valence-corrected chi connectivity index (χ0v) is 8.89. The predicted molar refractivity (Wildman–Crippen MR) is 53.0 cm³/mol. The molecule has 0 aliphatic rings. The van der Waals surface area contributed by atoms with Gasteiger partial charge in [0, 0.05) is 16.5 Å². The Morgan fingerprint density at radius 2 is 2.14 bits per heavy atom. The maximum Gasteiger partial charge on any atom is 0.264 e. The van der Waals surface area contributed by atoms with Gasteiger partial charge in [0.15, 0.2) is 0 Å². The number of rotatable bonds is 3. The van der Waals surface area contributed by atoms with Crippen molar-refractivity contribution in [3.8, 4) is 6.07 Å². The number of hydrogen-bond donors (Lipinski definition) is 0.